The minimum Gasteiger partial charge on any atom is -0.368 e. The Morgan fingerprint density at radius 2 is 1.65 bits per heavy atom. The molecule has 6 N–H and O–H groups in total. The number of nitrogens with one attached hydrogen (secondary N) is 4. The van der Waals surface area contributed by atoms with Crippen LogP contribution in [0, 0.1) is 11.4 Å². The number of carbonyl (C=O) groups excluding carboxylic acids is 3. The Morgan fingerprint density at radius 3 is 2.23 bits per heavy atom. The second-order valence-corrected chi connectivity index (χ2v) is 10.5. The molecule has 4 amide bonds. The quantitative estimate of drug-likeness (QED) is 0.0809. The average molecular weight is 585 g/mol. The van der Waals surface area contributed by atoms with E-state index in [-0.39, 0.29) is 29.9 Å². The fourth-order valence-corrected chi connectivity index (χ4v) is 4.88. The fraction of sp³-hybridized carbons (Fsp3) is 0.312. The first-order valence-corrected chi connectivity index (χ1v) is 14.2. The number of benzene rings is 3. The van der Waals surface area contributed by atoms with E-state index in [1.165, 1.54) is 5.56 Å². The van der Waals surface area contributed by atoms with Gasteiger partial charge in [-0.2, -0.15) is 5.53 Å². The van der Waals surface area contributed by atoms with Gasteiger partial charge in [0.1, 0.15) is 0 Å². The zero-order valence-corrected chi connectivity index (χ0v) is 25.3. The number of carbonyl (C=O) groups is 3. The molecule has 0 fully saturated rings. The Hall–Kier alpha value is -5.06. The number of amides is 4. The summed E-state index contributed by atoms with van der Waals surface area (Å²) in [4.78, 5) is 39.9. The number of nitrogens with two attached hydrogens (primary N) is 1. The molecule has 0 aliphatic rings. The Labute approximate surface area is 252 Å². The molecule has 2 unspecified atom stereocenters. The van der Waals surface area contributed by atoms with Crippen LogP contribution < -0.4 is 26.6 Å². The summed E-state index contributed by atoms with van der Waals surface area (Å²) in [6.45, 7) is 9.14. The van der Waals surface area contributed by atoms with Gasteiger partial charge in [-0.3, -0.25) is 19.8 Å². The number of anilines is 2. The van der Waals surface area contributed by atoms with Gasteiger partial charge in [0.25, 0.3) is 11.8 Å². The highest BCUT2D eigenvalue weighted by Crippen LogP contribution is 2.38. The van der Waals surface area contributed by atoms with Gasteiger partial charge in [-0.15, -0.1) is 0 Å². The van der Waals surface area contributed by atoms with Crippen LogP contribution in [0.2, 0.25) is 0 Å². The number of hydrogen-bond acceptors (Lipinski definition) is 5. The molecule has 3 aromatic rings. The summed E-state index contributed by atoms with van der Waals surface area (Å²) in [5.74, 6) is -0.564. The highest BCUT2D eigenvalue weighted by molar-refractivity contribution is 6.05. The Kier molecular flexibility index (Phi) is 11.1. The predicted octanol–water partition coefficient (Wildman–Crippen LogP) is 5.99. The van der Waals surface area contributed by atoms with Gasteiger partial charge in [0, 0.05) is 29.5 Å². The number of urea groups is 1. The standard InChI is InChI=1S/C32H40N8O3/c1-6-21(3)32(4,7-2)25-15-17-27(18-16-25)40(31(43)36-26-10-8-9-24(19-26)28(41)35-5)20-22-11-13-23(14-12-22)29(42)37-30(33)38-39-34/h8-19,21H,6-7,20H2,1-5H3,(H,35,41)(H,36,43)(H4,33,34,37,38,42). The summed E-state index contributed by atoms with van der Waals surface area (Å²) in [5, 5.41) is 13.9. The van der Waals surface area contributed by atoms with Crippen LogP contribution >= 0.6 is 0 Å². The van der Waals surface area contributed by atoms with Crippen molar-refractivity contribution in [2.45, 2.75) is 52.5 Å². The van der Waals surface area contributed by atoms with Gasteiger partial charge in [-0.25, -0.2) is 4.79 Å². The lowest BCUT2D eigenvalue weighted by molar-refractivity contribution is 0.0959. The molecule has 0 saturated heterocycles. The number of nitrogens with zero attached hydrogens (tertiary/aromatic N) is 3. The van der Waals surface area contributed by atoms with Crippen LogP contribution in [0.3, 0.4) is 0 Å². The largest absolute Gasteiger partial charge is 0.368 e. The molecule has 0 aromatic heterocycles. The van der Waals surface area contributed by atoms with Gasteiger partial charge in [0.2, 0.25) is 5.96 Å². The van der Waals surface area contributed by atoms with Crippen molar-refractivity contribution in [2.24, 2.45) is 22.0 Å². The number of rotatable bonds is 11. The molecular weight excluding hydrogens is 544 g/mol. The van der Waals surface area contributed by atoms with Crippen molar-refractivity contribution in [3.63, 3.8) is 0 Å². The average Bonchev–Trinajstić information content (AvgIpc) is 3.02. The van der Waals surface area contributed by atoms with Crippen molar-refractivity contribution in [3.8, 4) is 0 Å². The molecule has 0 heterocycles. The van der Waals surface area contributed by atoms with Crippen LogP contribution in [0.25, 0.3) is 0 Å². The van der Waals surface area contributed by atoms with Crippen LogP contribution in [0.15, 0.2) is 83.1 Å². The minimum atomic E-state index is -0.502. The summed E-state index contributed by atoms with van der Waals surface area (Å²) in [6, 6.07) is 21.1. The molecule has 3 rings (SSSR count). The first-order valence-electron chi connectivity index (χ1n) is 14.2. The van der Waals surface area contributed by atoms with E-state index in [1.807, 2.05) is 12.1 Å². The van der Waals surface area contributed by atoms with Crippen molar-refractivity contribution in [2.75, 3.05) is 17.3 Å². The molecule has 0 saturated carbocycles. The van der Waals surface area contributed by atoms with Crippen molar-refractivity contribution >= 4 is 35.2 Å². The first-order chi connectivity index (χ1) is 20.6. The van der Waals surface area contributed by atoms with Crippen LogP contribution in [-0.2, 0) is 12.0 Å². The van der Waals surface area contributed by atoms with E-state index < -0.39 is 5.91 Å². The van der Waals surface area contributed by atoms with E-state index in [4.69, 9.17) is 11.3 Å². The van der Waals surface area contributed by atoms with Gasteiger partial charge in [0.15, 0.2) is 0 Å². The maximum Gasteiger partial charge on any atom is 0.326 e. The second kappa shape index (κ2) is 14.7. The zero-order valence-electron chi connectivity index (χ0n) is 25.3. The monoisotopic (exact) mass is 584 g/mol. The lowest BCUT2D eigenvalue weighted by atomic mass is 9.70. The van der Waals surface area contributed by atoms with Gasteiger partial charge >= 0.3 is 6.03 Å². The highest BCUT2D eigenvalue weighted by Gasteiger charge is 2.30. The Morgan fingerprint density at radius 1 is 0.977 bits per heavy atom. The van der Waals surface area contributed by atoms with Crippen LogP contribution in [0.4, 0.5) is 16.2 Å². The van der Waals surface area contributed by atoms with Gasteiger partial charge < -0.3 is 16.4 Å². The third kappa shape index (κ3) is 8.03. The van der Waals surface area contributed by atoms with E-state index in [0.29, 0.717) is 28.4 Å². The maximum atomic E-state index is 13.7. The zero-order chi connectivity index (χ0) is 31.6. The van der Waals surface area contributed by atoms with Crippen molar-refractivity contribution in [3.05, 3.63) is 95.1 Å². The summed E-state index contributed by atoms with van der Waals surface area (Å²) in [6.07, 6.45) is 2.05. The summed E-state index contributed by atoms with van der Waals surface area (Å²) in [5.41, 5.74) is 16.1. The topological polar surface area (TPSA) is 165 Å². The number of hydrogen-bond donors (Lipinski definition) is 5. The Balaban J connectivity index is 1.93. The molecule has 0 spiro atoms. The van der Waals surface area contributed by atoms with E-state index in [1.54, 1.807) is 60.5 Å². The lowest BCUT2D eigenvalue weighted by Crippen LogP contribution is -2.36. The van der Waals surface area contributed by atoms with Crippen molar-refractivity contribution in [1.82, 2.24) is 10.6 Å². The van der Waals surface area contributed by atoms with Crippen molar-refractivity contribution < 1.29 is 14.4 Å². The molecule has 2 atom stereocenters. The second-order valence-electron chi connectivity index (χ2n) is 10.5. The van der Waals surface area contributed by atoms with E-state index in [0.717, 1.165) is 18.4 Å². The van der Waals surface area contributed by atoms with Gasteiger partial charge in [0.05, 0.1) is 6.54 Å². The normalized spacial score (nSPS) is 13.3. The Bertz CT molecular complexity index is 1470. The highest BCUT2D eigenvalue weighted by atomic mass is 16.2. The molecule has 43 heavy (non-hydrogen) atoms. The molecule has 0 aliphatic carbocycles. The number of guanidine groups is 1. The van der Waals surface area contributed by atoms with E-state index in [9.17, 15) is 14.4 Å². The van der Waals surface area contributed by atoms with E-state index in [2.05, 4.69) is 66.1 Å². The molecule has 226 valence electrons. The first kappa shape index (κ1) is 32.5. The SMILES string of the molecule is CCC(C)C(C)(CC)c1ccc(N(Cc2ccc(C(=O)NC(N)=NN=N)cc2)C(=O)Nc2cccc(C(=O)NC)c2)cc1. The molecule has 3 aromatic carbocycles. The maximum absolute atomic E-state index is 13.7. The molecular formula is C32H40N8O3. The summed E-state index contributed by atoms with van der Waals surface area (Å²) >= 11 is 0. The van der Waals surface area contributed by atoms with Gasteiger partial charge in [-0.05, 0) is 76.6 Å². The fourth-order valence-electron chi connectivity index (χ4n) is 4.88. The lowest BCUT2D eigenvalue weighted by Gasteiger charge is -2.35. The third-order valence-electron chi connectivity index (χ3n) is 8.08. The molecule has 0 bridgehead atoms. The predicted molar refractivity (Wildman–Crippen MR) is 169 cm³/mol. The third-order valence-corrected chi connectivity index (χ3v) is 8.08. The van der Waals surface area contributed by atoms with Crippen molar-refractivity contribution in [1.29, 1.82) is 5.53 Å². The van der Waals surface area contributed by atoms with Gasteiger partial charge in [-0.1, -0.05) is 69.5 Å². The molecule has 11 heteroatoms. The van der Waals surface area contributed by atoms with E-state index >= 15 is 0 Å². The summed E-state index contributed by atoms with van der Waals surface area (Å²) < 4.78 is 0. The smallest absolute Gasteiger partial charge is 0.326 e. The summed E-state index contributed by atoms with van der Waals surface area (Å²) in [7, 11) is 1.55. The van der Waals surface area contributed by atoms with Crippen LogP contribution in [0.1, 0.15) is 72.4 Å². The van der Waals surface area contributed by atoms with Crippen LogP contribution in [0.5, 0.6) is 0 Å². The minimum absolute atomic E-state index is 0.0000746. The molecule has 0 aliphatic heterocycles. The van der Waals surface area contributed by atoms with Crippen LogP contribution in [-0.4, -0.2) is 30.9 Å². The molecule has 11 nitrogen and oxygen atoms in total. The molecule has 0 radical (unpaired) electrons.